The van der Waals surface area contributed by atoms with E-state index in [1.807, 2.05) is 0 Å². The highest BCUT2D eigenvalue weighted by Gasteiger charge is 2.25. The van der Waals surface area contributed by atoms with Gasteiger partial charge in [-0.05, 0) is 31.2 Å². The Morgan fingerprint density at radius 2 is 2.06 bits per heavy atom. The number of rotatable bonds is 6. The van der Waals surface area contributed by atoms with Crippen molar-refractivity contribution in [3.63, 3.8) is 0 Å². The number of unbranched alkanes of at least 4 members (excludes halogenated alkanes) is 1. The number of hydrogen-bond acceptors (Lipinski definition) is 1. The van der Waals surface area contributed by atoms with E-state index in [9.17, 15) is 0 Å². The molecule has 1 aromatic rings. The molecule has 0 N–H and O–H groups in total. The fourth-order valence-corrected chi connectivity index (χ4v) is 2.87. The van der Waals surface area contributed by atoms with Gasteiger partial charge in [-0.1, -0.05) is 56.7 Å². The van der Waals surface area contributed by atoms with E-state index in [-0.39, 0.29) is 0 Å². The van der Waals surface area contributed by atoms with Gasteiger partial charge in [0.15, 0.2) is 0 Å². The molecule has 1 heteroatoms. The first kappa shape index (κ1) is 13.2. The Morgan fingerprint density at radius 3 is 2.78 bits per heavy atom. The number of allylic oxidation sites excluding steroid dienone is 1. The zero-order valence-electron chi connectivity index (χ0n) is 11.6. The van der Waals surface area contributed by atoms with E-state index in [1.165, 1.54) is 43.4 Å². The second-order valence-electron chi connectivity index (χ2n) is 5.33. The van der Waals surface area contributed by atoms with Crippen LogP contribution in [0.4, 0.5) is 0 Å². The van der Waals surface area contributed by atoms with Crippen LogP contribution in [0.1, 0.15) is 44.6 Å². The average Bonchev–Trinajstić information content (AvgIpc) is 2.76. The summed E-state index contributed by atoms with van der Waals surface area (Å²) < 4.78 is 0. The van der Waals surface area contributed by atoms with Gasteiger partial charge < -0.3 is 4.90 Å². The average molecular weight is 243 g/mol. The van der Waals surface area contributed by atoms with Crippen molar-refractivity contribution in [1.29, 1.82) is 0 Å². The summed E-state index contributed by atoms with van der Waals surface area (Å²) in [6, 6.07) is 11.5. The third-order valence-corrected chi connectivity index (χ3v) is 3.99. The van der Waals surface area contributed by atoms with Gasteiger partial charge in [-0.15, -0.1) is 0 Å². The zero-order valence-corrected chi connectivity index (χ0v) is 11.6. The molecule has 1 aromatic carbocycles. The molecule has 98 valence electrons. The van der Waals surface area contributed by atoms with Crippen LogP contribution in [0.3, 0.4) is 0 Å². The highest BCUT2D eigenvalue weighted by molar-refractivity contribution is 5.16. The molecule has 1 nitrogen and oxygen atoms in total. The van der Waals surface area contributed by atoms with E-state index < -0.39 is 0 Å². The van der Waals surface area contributed by atoms with E-state index in [1.54, 1.807) is 0 Å². The summed E-state index contributed by atoms with van der Waals surface area (Å²) >= 11 is 0. The number of likely N-dealkylation sites (tertiary alicyclic amines) is 1. The van der Waals surface area contributed by atoms with Crippen LogP contribution in [0.25, 0.3) is 0 Å². The predicted octanol–water partition coefficient (Wildman–Crippen LogP) is 4.40. The van der Waals surface area contributed by atoms with Gasteiger partial charge in [0, 0.05) is 18.3 Å². The lowest BCUT2D eigenvalue weighted by atomic mass is 10.1. The number of nitrogens with zero attached hydrogens (tertiary/aromatic N) is 1. The first-order chi connectivity index (χ1) is 8.81. The Morgan fingerprint density at radius 1 is 1.28 bits per heavy atom. The Hall–Kier alpha value is -1.24. The lowest BCUT2D eigenvalue weighted by molar-refractivity contribution is 0.279. The van der Waals surface area contributed by atoms with E-state index in [2.05, 4.69) is 48.7 Å². The van der Waals surface area contributed by atoms with Crippen molar-refractivity contribution < 1.29 is 0 Å². The van der Waals surface area contributed by atoms with Crippen LogP contribution in [-0.4, -0.2) is 17.5 Å². The van der Waals surface area contributed by atoms with Crippen molar-refractivity contribution in [3.8, 4) is 0 Å². The third-order valence-electron chi connectivity index (χ3n) is 3.99. The van der Waals surface area contributed by atoms with Crippen molar-refractivity contribution in [1.82, 2.24) is 4.90 Å². The molecule has 2 rings (SSSR count). The minimum absolute atomic E-state index is 0.751. The summed E-state index contributed by atoms with van der Waals surface area (Å²) in [7, 11) is 0. The molecule has 1 saturated heterocycles. The molecule has 0 radical (unpaired) electrons. The summed E-state index contributed by atoms with van der Waals surface area (Å²) in [5.74, 6) is 0. The van der Waals surface area contributed by atoms with Gasteiger partial charge >= 0.3 is 0 Å². The Labute approximate surface area is 112 Å². The lowest BCUT2D eigenvalue weighted by Crippen LogP contribution is -2.30. The lowest BCUT2D eigenvalue weighted by Gasteiger charge is -2.27. The fraction of sp³-hybridized carbons (Fsp3) is 0.529. The van der Waals surface area contributed by atoms with E-state index in [0.29, 0.717) is 0 Å². The summed E-state index contributed by atoms with van der Waals surface area (Å²) in [6.45, 7) is 7.64. The minimum Gasteiger partial charge on any atom is -0.372 e. The van der Waals surface area contributed by atoms with E-state index >= 15 is 0 Å². The maximum absolute atomic E-state index is 4.23. The maximum atomic E-state index is 4.23. The molecular weight excluding hydrogens is 218 g/mol. The van der Waals surface area contributed by atoms with Crippen LogP contribution in [0, 0.1) is 0 Å². The second kappa shape index (κ2) is 6.63. The standard InChI is InChI=1S/C17H25N/c1-3-4-10-17-12-11-15(2)18(17)14-13-16-8-6-5-7-9-16/h5-9,17H,2-4,10-14H2,1H3. The predicted molar refractivity (Wildman–Crippen MR) is 78.5 cm³/mol. The van der Waals surface area contributed by atoms with Crippen LogP contribution >= 0.6 is 0 Å². The van der Waals surface area contributed by atoms with Crippen molar-refractivity contribution in [2.24, 2.45) is 0 Å². The van der Waals surface area contributed by atoms with Gasteiger partial charge in [0.2, 0.25) is 0 Å². The second-order valence-corrected chi connectivity index (χ2v) is 5.33. The summed E-state index contributed by atoms with van der Waals surface area (Å²) in [6.07, 6.45) is 7.64. The van der Waals surface area contributed by atoms with E-state index in [0.717, 1.165) is 19.0 Å². The number of benzene rings is 1. The molecular formula is C17H25N. The van der Waals surface area contributed by atoms with Crippen LogP contribution in [0.5, 0.6) is 0 Å². The SMILES string of the molecule is C=C1CCC(CCCC)N1CCc1ccccc1. The quantitative estimate of drug-likeness (QED) is 0.716. The molecule has 1 unspecified atom stereocenters. The van der Waals surface area contributed by atoms with Gasteiger partial charge in [0.05, 0.1) is 0 Å². The highest BCUT2D eigenvalue weighted by Crippen LogP contribution is 2.29. The van der Waals surface area contributed by atoms with Crippen molar-refractivity contribution >= 4 is 0 Å². The third kappa shape index (κ3) is 3.38. The first-order valence-electron chi connectivity index (χ1n) is 7.29. The van der Waals surface area contributed by atoms with Gasteiger partial charge in [-0.2, -0.15) is 0 Å². The summed E-state index contributed by atoms with van der Waals surface area (Å²) in [5.41, 5.74) is 2.79. The molecule has 0 bridgehead atoms. The van der Waals surface area contributed by atoms with E-state index in [4.69, 9.17) is 0 Å². The van der Waals surface area contributed by atoms with Crippen LogP contribution in [0.2, 0.25) is 0 Å². The topological polar surface area (TPSA) is 3.24 Å². The molecule has 18 heavy (non-hydrogen) atoms. The van der Waals surface area contributed by atoms with Crippen molar-refractivity contribution in [2.75, 3.05) is 6.54 Å². The normalized spacial score (nSPS) is 19.5. The molecule has 1 heterocycles. The molecule has 0 saturated carbocycles. The molecule has 0 aromatic heterocycles. The van der Waals surface area contributed by atoms with Crippen molar-refractivity contribution in [2.45, 2.75) is 51.5 Å². The molecule has 0 spiro atoms. The number of hydrogen-bond donors (Lipinski definition) is 0. The highest BCUT2D eigenvalue weighted by atomic mass is 15.2. The fourth-order valence-electron chi connectivity index (χ4n) is 2.87. The van der Waals surface area contributed by atoms with Gasteiger partial charge in [0.25, 0.3) is 0 Å². The van der Waals surface area contributed by atoms with Gasteiger partial charge in [0.1, 0.15) is 0 Å². The molecule has 1 atom stereocenters. The van der Waals surface area contributed by atoms with Gasteiger partial charge in [-0.25, -0.2) is 0 Å². The first-order valence-corrected chi connectivity index (χ1v) is 7.29. The Balaban J connectivity index is 1.87. The molecule has 1 aliphatic heterocycles. The van der Waals surface area contributed by atoms with Crippen LogP contribution in [0.15, 0.2) is 42.6 Å². The zero-order chi connectivity index (χ0) is 12.8. The van der Waals surface area contributed by atoms with Crippen molar-refractivity contribution in [3.05, 3.63) is 48.2 Å². The molecule has 0 amide bonds. The Bertz CT molecular complexity index is 368. The van der Waals surface area contributed by atoms with Crippen LogP contribution in [-0.2, 0) is 6.42 Å². The summed E-state index contributed by atoms with van der Waals surface area (Å²) in [5, 5.41) is 0. The molecule has 1 fully saturated rings. The van der Waals surface area contributed by atoms with Gasteiger partial charge in [-0.3, -0.25) is 0 Å². The largest absolute Gasteiger partial charge is 0.372 e. The molecule has 0 aliphatic carbocycles. The monoisotopic (exact) mass is 243 g/mol. The van der Waals surface area contributed by atoms with Crippen LogP contribution < -0.4 is 0 Å². The smallest absolute Gasteiger partial charge is 0.0290 e. The summed E-state index contributed by atoms with van der Waals surface area (Å²) in [4.78, 5) is 2.56. The minimum atomic E-state index is 0.751. The Kier molecular flexibility index (Phi) is 4.86. The molecule has 1 aliphatic rings. The maximum Gasteiger partial charge on any atom is 0.0290 e.